The first-order valence-electron chi connectivity index (χ1n) is 7.91. The van der Waals surface area contributed by atoms with E-state index in [0.29, 0.717) is 19.1 Å². The Hall–Kier alpha value is -2.40. The number of hydrogen-bond donors (Lipinski definition) is 0. The van der Waals surface area contributed by atoms with E-state index < -0.39 is 0 Å². The second kappa shape index (κ2) is 7.01. The van der Waals surface area contributed by atoms with Crippen LogP contribution in [0.25, 0.3) is 11.5 Å². The summed E-state index contributed by atoms with van der Waals surface area (Å²) in [6.07, 6.45) is 2.64. The fraction of sp³-hybridized carbons (Fsp3) is 0.211. The molecule has 0 N–H and O–H groups in total. The van der Waals surface area contributed by atoms with E-state index in [2.05, 4.69) is 11.1 Å². The van der Waals surface area contributed by atoms with Crippen LogP contribution in [0.15, 0.2) is 64.1 Å². The lowest BCUT2D eigenvalue weighted by Gasteiger charge is -2.08. The number of aromatic nitrogens is 1. The maximum atomic E-state index is 5.73. The van der Waals surface area contributed by atoms with Crippen LogP contribution in [0, 0.1) is 0 Å². The second-order valence-corrected chi connectivity index (χ2v) is 6.51. The molecule has 0 aliphatic carbocycles. The molecular weight excluding hydrogens is 322 g/mol. The first-order chi connectivity index (χ1) is 11.9. The van der Waals surface area contributed by atoms with Crippen LogP contribution in [0.3, 0.4) is 0 Å². The molecule has 0 amide bonds. The van der Waals surface area contributed by atoms with E-state index in [-0.39, 0.29) is 0 Å². The fourth-order valence-electron chi connectivity index (χ4n) is 2.48. The van der Waals surface area contributed by atoms with Crippen LogP contribution in [-0.2, 0) is 5.75 Å². The Morgan fingerprint density at radius 2 is 1.79 bits per heavy atom. The monoisotopic (exact) mass is 339 g/mol. The molecule has 0 saturated heterocycles. The molecule has 122 valence electrons. The molecule has 24 heavy (non-hydrogen) atoms. The Labute approximate surface area is 144 Å². The van der Waals surface area contributed by atoms with E-state index >= 15 is 0 Å². The van der Waals surface area contributed by atoms with Crippen LogP contribution in [0.5, 0.6) is 11.5 Å². The summed E-state index contributed by atoms with van der Waals surface area (Å²) in [5.41, 5.74) is 1.91. The van der Waals surface area contributed by atoms with Crippen LogP contribution < -0.4 is 9.47 Å². The van der Waals surface area contributed by atoms with Gasteiger partial charge in [0.2, 0.25) is 5.89 Å². The Kier molecular flexibility index (Phi) is 4.42. The number of benzene rings is 2. The van der Waals surface area contributed by atoms with Crippen molar-refractivity contribution in [2.75, 3.05) is 13.2 Å². The molecule has 0 unspecified atom stereocenters. The number of thioether (sulfide) groups is 1. The second-order valence-electron chi connectivity index (χ2n) is 5.46. The number of hydrogen-bond acceptors (Lipinski definition) is 5. The summed E-state index contributed by atoms with van der Waals surface area (Å²) in [5, 5.41) is 0. The summed E-state index contributed by atoms with van der Waals surface area (Å²) in [6.45, 7) is 1.41. The van der Waals surface area contributed by atoms with E-state index in [1.165, 1.54) is 0 Å². The van der Waals surface area contributed by atoms with Gasteiger partial charge in [0.1, 0.15) is 6.26 Å². The number of nitrogens with zero attached hydrogens (tertiary/aromatic N) is 1. The minimum atomic E-state index is 0.657. The summed E-state index contributed by atoms with van der Waals surface area (Å²) in [4.78, 5) is 5.68. The van der Waals surface area contributed by atoms with Gasteiger partial charge in [-0.3, -0.25) is 0 Å². The standard InChI is InChI=1S/C19H17NO3S/c1-2-5-14(6-3-1)19-20-15(12-23-19)13-24-16-7-8-17-18(11-16)22-10-4-9-21-17/h1-3,5-8,11-12H,4,9-10,13H2. The number of ether oxygens (including phenoxy) is 2. The maximum Gasteiger partial charge on any atom is 0.226 e. The molecule has 1 aliphatic rings. The highest BCUT2D eigenvalue weighted by Crippen LogP contribution is 2.35. The average molecular weight is 339 g/mol. The van der Waals surface area contributed by atoms with Gasteiger partial charge in [-0.15, -0.1) is 11.8 Å². The first-order valence-corrected chi connectivity index (χ1v) is 8.89. The van der Waals surface area contributed by atoms with E-state index in [0.717, 1.165) is 39.8 Å². The largest absolute Gasteiger partial charge is 0.490 e. The van der Waals surface area contributed by atoms with Gasteiger partial charge in [-0.25, -0.2) is 4.98 Å². The van der Waals surface area contributed by atoms with Crippen LogP contribution in [0.4, 0.5) is 0 Å². The highest BCUT2D eigenvalue weighted by molar-refractivity contribution is 7.98. The van der Waals surface area contributed by atoms with Gasteiger partial charge in [0.15, 0.2) is 11.5 Å². The summed E-state index contributed by atoms with van der Waals surface area (Å²) in [7, 11) is 0. The molecule has 0 atom stereocenters. The Balaban J connectivity index is 1.44. The molecule has 5 heteroatoms. The topological polar surface area (TPSA) is 44.5 Å². The van der Waals surface area contributed by atoms with Gasteiger partial charge in [0.25, 0.3) is 0 Å². The third kappa shape index (κ3) is 3.41. The van der Waals surface area contributed by atoms with Crippen LogP contribution in [0.1, 0.15) is 12.1 Å². The van der Waals surface area contributed by atoms with Crippen molar-refractivity contribution in [1.29, 1.82) is 0 Å². The lowest BCUT2D eigenvalue weighted by molar-refractivity contribution is 0.297. The molecule has 4 rings (SSSR count). The molecule has 0 radical (unpaired) electrons. The highest BCUT2D eigenvalue weighted by Gasteiger charge is 2.12. The molecule has 0 saturated carbocycles. The van der Waals surface area contributed by atoms with Crippen molar-refractivity contribution >= 4 is 11.8 Å². The maximum absolute atomic E-state index is 5.73. The Morgan fingerprint density at radius 3 is 2.67 bits per heavy atom. The van der Waals surface area contributed by atoms with Gasteiger partial charge in [0.05, 0.1) is 18.9 Å². The van der Waals surface area contributed by atoms with Crippen molar-refractivity contribution in [3.8, 4) is 23.0 Å². The number of rotatable bonds is 4. The van der Waals surface area contributed by atoms with Gasteiger partial charge in [0, 0.05) is 22.6 Å². The number of oxazole rings is 1. The highest BCUT2D eigenvalue weighted by atomic mass is 32.2. The predicted octanol–water partition coefficient (Wildman–Crippen LogP) is 4.80. The summed E-state index contributed by atoms with van der Waals surface area (Å²) < 4.78 is 17.0. The van der Waals surface area contributed by atoms with E-state index in [1.807, 2.05) is 42.5 Å². The minimum Gasteiger partial charge on any atom is -0.490 e. The SMILES string of the molecule is c1ccc(-c2nc(CSc3ccc4c(c3)OCCCO4)co2)cc1. The first kappa shape index (κ1) is 15.1. The Bertz CT molecular complexity index is 816. The summed E-state index contributed by atoms with van der Waals surface area (Å²) in [6, 6.07) is 16.0. The lowest BCUT2D eigenvalue weighted by atomic mass is 10.2. The van der Waals surface area contributed by atoms with Gasteiger partial charge >= 0.3 is 0 Å². The molecule has 3 aromatic rings. The molecule has 4 nitrogen and oxygen atoms in total. The van der Waals surface area contributed by atoms with E-state index in [9.17, 15) is 0 Å². The summed E-state index contributed by atoms with van der Waals surface area (Å²) >= 11 is 1.70. The normalized spacial score (nSPS) is 13.5. The summed E-state index contributed by atoms with van der Waals surface area (Å²) in [5.74, 6) is 3.05. The van der Waals surface area contributed by atoms with E-state index in [4.69, 9.17) is 13.9 Å². The molecule has 0 fully saturated rings. The molecule has 2 heterocycles. The van der Waals surface area contributed by atoms with Gasteiger partial charge in [-0.2, -0.15) is 0 Å². The molecule has 1 aliphatic heterocycles. The Morgan fingerprint density at radius 1 is 0.958 bits per heavy atom. The van der Waals surface area contributed by atoms with Gasteiger partial charge < -0.3 is 13.9 Å². The quantitative estimate of drug-likeness (QED) is 0.639. The molecule has 0 spiro atoms. The van der Waals surface area contributed by atoms with Crippen molar-refractivity contribution in [3.63, 3.8) is 0 Å². The molecule has 2 aromatic carbocycles. The minimum absolute atomic E-state index is 0.657. The zero-order chi connectivity index (χ0) is 16.2. The molecule has 1 aromatic heterocycles. The average Bonchev–Trinajstić information content (AvgIpc) is 2.98. The van der Waals surface area contributed by atoms with Crippen molar-refractivity contribution < 1.29 is 13.9 Å². The fourth-order valence-corrected chi connectivity index (χ4v) is 3.28. The number of fused-ring (bicyclic) bond motifs is 1. The van der Waals surface area contributed by atoms with Crippen molar-refractivity contribution in [1.82, 2.24) is 4.98 Å². The molecule has 0 bridgehead atoms. The third-order valence-electron chi connectivity index (χ3n) is 3.68. The predicted molar refractivity (Wildman–Crippen MR) is 93.5 cm³/mol. The van der Waals surface area contributed by atoms with Gasteiger partial charge in [-0.1, -0.05) is 18.2 Å². The molecular formula is C19H17NO3S. The van der Waals surface area contributed by atoms with Crippen LogP contribution in [0.2, 0.25) is 0 Å². The van der Waals surface area contributed by atoms with Crippen molar-refractivity contribution in [2.24, 2.45) is 0 Å². The lowest BCUT2D eigenvalue weighted by Crippen LogP contribution is -1.97. The zero-order valence-electron chi connectivity index (χ0n) is 13.1. The van der Waals surface area contributed by atoms with Gasteiger partial charge in [-0.05, 0) is 30.3 Å². The third-order valence-corrected chi connectivity index (χ3v) is 4.71. The van der Waals surface area contributed by atoms with Crippen molar-refractivity contribution in [2.45, 2.75) is 17.1 Å². The van der Waals surface area contributed by atoms with Crippen LogP contribution >= 0.6 is 11.8 Å². The van der Waals surface area contributed by atoms with Crippen molar-refractivity contribution in [3.05, 3.63) is 60.5 Å². The van der Waals surface area contributed by atoms with E-state index in [1.54, 1.807) is 18.0 Å². The van der Waals surface area contributed by atoms with Crippen LogP contribution in [-0.4, -0.2) is 18.2 Å². The zero-order valence-corrected chi connectivity index (χ0v) is 13.9. The smallest absolute Gasteiger partial charge is 0.226 e.